The van der Waals surface area contributed by atoms with Crippen LogP contribution in [0, 0.1) is 19.7 Å². The fourth-order valence-corrected chi connectivity index (χ4v) is 3.82. The molecule has 0 aromatic heterocycles. The van der Waals surface area contributed by atoms with Gasteiger partial charge in [0, 0.05) is 0 Å². The molecule has 0 aliphatic heterocycles. The van der Waals surface area contributed by atoms with E-state index in [-0.39, 0.29) is 24.1 Å². The molecule has 168 valence electrons. The number of hydrogen-bond acceptors (Lipinski definition) is 3. The van der Waals surface area contributed by atoms with Crippen molar-refractivity contribution in [3.8, 4) is 5.75 Å². The zero-order valence-electron chi connectivity index (χ0n) is 19.1. The largest absolute Gasteiger partial charge is 0.494 e. The average Bonchev–Trinajstić information content (AvgIpc) is 2.79. The van der Waals surface area contributed by atoms with Crippen LogP contribution in [-0.4, -0.2) is 19.7 Å². The van der Waals surface area contributed by atoms with Gasteiger partial charge in [0.15, 0.2) is 0 Å². The summed E-state index contributed by atoms with van der Waals surface area (Å²) in [5.74, 6) is 0.538. The van der Waals surface area contributed by atoms with Gasteiger partial charge in [0.2, 0.25) is 0 Å². The highest BCUT2D eigenvalue weighted by Crippen LogP contribution is 2.27. The number of aryl methyl sites for hydroxylation is 2. The van der Waals surface area contributed by atoms with Crippen LogP contribution in [0.15, 0.2) is 66.7 Å². The Morgan fingerprint density at radius 2 is 1.69 bits per heavy atom. The highest BCUT2D eigenvalue weighted by molar-refractivity contribution is 5.72. The summed E-state index contributed by atoms with van der Waals surface area (Å²) in [6.45, 7) is 4.82. The van der Waals surface area contributed by atoms with Crippen LogP contribution in [0.1, 0.15) is 46.6 Å². The predicted octanol–water partition coefficient (Wildman–Crippen LogP) is 6.34. The second-order valence-electron chi connectivity index (χ2n) is 8.26. The average molecular weight is 435 g/mol. The summed E-state index contributed by atoms with van der Waals surface area (Å²) in [7, 11) is 1.39. The van der Waals surface area contributed by atoms with E-state index in [1.807, 2.05) is 30.3 Å². The van der Waals surface area contributed by atoms with Crippen LogP contribution in [0.4, 0.5) is 4.39 Å². The minimum atomic E-state index is -0.258. The first-order valence-electron chi connectivity index (χ1n) is 11.0. The van der Waals surface area contributed by atoms with Gasteiger partial charge < -0.3 is 9.47 Å². The van der Waals surface area contributed by atoms with Crippen molar-refractivity contribution in [1.82, 2.24) is 0 Å². The van der Waals surface area contributed by atoms with Crippen molar-refractivity contribution in [2.24, 2.45) is 0 Å². The number of rotatable bonds is 10. The number of ether oxygens (including phenoxy) is 2. The Morgan fingerprint density at radius 1 is 0.938 bits per heavy atom. The molecule has 1 unspecified atom stereocenters. The van der Waals surface area contributed by atoms with E-state index in [9.17, 15) is 9.18 Å². The van der Waals surface area contributed by atoms with E-state index >= 15 is 0 Å². The van der Waals surface area contributed by atoms with Crippen LogP contribution < -0.4 is 4.74 Å². The van der Waals surface area contributed by atoms with Crippen LogP contribution >= 0.6 is 0 Å². The van der Waals surface area contributed by atoms with Gasteiger partial charge >= 0.3 is 5.97 Å². The van der Waals surface area contributed by atoms with E-state index in [1.54, 1.807) is 12.1 Å². The predicted molar refractivity (Wildman–Crippen MR) is 126 cm³/mol. The molecule has 0 N–H and O–H groups in total. The van der Waals surface area contributed by atoms with Gasteiger partial charge in [-0.25, -0.2) is 4.39 Å². The smallest absolute Gasteiger partial charge is 0.309 e. The van der Waals surface area contributed by atoms with E-state index in [0.29, 0.717) is 6.61 Å². The fraction of sp³-hybridized carbons (Fsp3) is 0.321. The molecule has 0 saturated heterocycles. The van der Waals surface area contributed by atoms with Gasteiger partial charge in [-0.15, -0.1) is 0 Å². The quantitative estimate of drug-likeness (QED) is 0.276. The van der Waals surface area contributed by atoms with Crippen molar-refractivity contribution in [1.29, 1.82) is 0 Å². The second-order valence-corrected chi connectivity index (χ2v) is 8.26. The van der Waals surface area contributed by atoms with Crippen molar-refractivity contribution >= 4 is 5.97 Å². The van der Waals surface area contributed by atoms with Crippen LogP contribution in [0.2, 0.25) is 0 Å². The number of benzene rings is 3. The summed E-state index contributed by atoms with van der Waals surface area (Å²) in [6, 6.07) is 21.0. The van der Waals surface area contributed by atoms with E-state index in [4.69, 9.17) is 9.47 Å². The molecule has 3 aromatic carbocycles. The molecule has 3 aromatic rings. The van der Waals surface area contributed by atoms with Gasteiger partial charge in [-0.05, 0) is 91.1 Å². The second kappa shape index (κ2) is 11.5. The van der Waals surface area contributed by atoms with Gasteiger partial charge in [-0.1, -0.05) is 42.5 Å². The van der Waals surface area contributed by atoms with Crippen LogP contribution in [0.5, 0.6) is 5.75 Å². The zero-order valence-corrected chi connectivity index (χ0v) is 19.1. The molecule has 3 nitrogen and oxygen atoms in total. The van der Waals surface area contributed by atoms with Crippen LogP contribution in [-0.2, 0) is 22.4 Å². The normalized spacial score (nSPS) is 11.8. The molecular formula is C28H31FO3. The minimum Gasteiger partial charge on any atom is -0.494 e. The number of halogens is 1. The monoisotopic (exact) mass is 434 g/mol. The highest BCUT2D eigenvalue weighted by Gasteiger charge is 2.14. The maximum absolute atomic E-state index is 13.9. The first-order valence-corrected chi connectivity index (χ1v) is 11.0. The minimum absolute atomic E-state index is 0.198. The van der Waals surface area contributed by atoms with Crippen molar-refractivity contribution in [3.63, 3.8) is 0 Å². The van der Waals surface area contributed by atoms with Gasteiger partial charge in [0.25, 0.3) is 0 Å². The SMILES string of the molecule is COC(=O)Cc1ccc(OCCCC(Cc2ccc(C)c(C)c2)c2cccc(F)c2)cc1. The maximum atomic E-state index is 13.9. The van der Waals surface area contributed by atoms with E-state index in [2.05, 4.69) is 32.0 Å². The molecule has 3 rings (SSSR count). The third kappa shape index (κ3) is 6.94. The van der Waals surface area contributed by atoms with E-state index in [1.165, 1.54) is 29.9 Å². The molecule has 0 aliphatic carbocycles. The first-order chi connectivity index (χ1) is 15.4. The van der Waals surface area contributed by atoms with Crippen LogP contribution in [0.25, 0.3) is 0 Å². The molecule has 0 aliphatic rings. The molecule has 0 spiro atoms. The lowest BCUT2D eigenvalue weighted by Gasteiger charge is -2.19. The standard InChI is InChI=1S/C28H31FO3/c1-20-9-10-23(16-21(20)2)17-24(25-6-4-8-26(29)19-25)7-5-15-32-27-13-11-22(12-14-27)18-28(30)31-3/h4,6,8-14,16,19,24H,5,7,15,17-18H2,1-3H3. The van der Waals surface area contributed by atoms with Crippen LogP contribution in [0.3, 0.4) is 0 Å². The van der Waals surface area contributed by atoms with E-state index < -0.39 is 0 Å². The molecule has 0 amide bonds. The van der Waals surface area contributed by atoms with Crippen molar-refractivity contribution < 1.29 is 18.7 Å². The Labute approximate surface area is 190 Å². The molecule has 0 heterocycles. The zero-order chi connectivity index (χ0) is 22.9. The summed E-state index contributed by atoms with van der Waals surface area (Å²) in [4.78, 5) is 11.4. The lowest BCUT2D eigenvalue weighted by molar-refractivity contribution is -0.139. The van der Waals surface area contributed by atoms with Crippen molar-refractivity contribution in [2.75, 3.05) is 13.7 Å². The van der Waals surface area contributed by atoms with Gasteiger partial charge in [-0.3, -0.25) is 4.79 Å². The lowest BCUT2D eigenvalue weighted by atomic mass is 9.87. The Balaban J connectivity index is 1.59. The third-order valence-electron chi connectivity index (χ3n) is 5.84. The van der Waals surface area contributed by atoms with Gasteiger partial charge in [0.05, 0.1) is 20.1 Å². The molecular weight excluding hydrogens is 403 g/mol. The summed E-state index contributed by atoms with van der Waals surface area (Å²) in [5, 5.41) is 0. The molecule has 0 fully saturated rings. The Kier molecular flexibility index (Phi) is 8.43. The number of esters is 1. The number of carbonyl (C=O) groups is 1. The Hall–Kier alpha value is -3.14. The summed E-state index contributed by atoms with van der Waals surface area (Å²) in [6.07, 6.45) is 2.88. The molecule has 32 heavy (non-hydrogen) atoms. The van der Waals surface area contributed by atoms with Crippen molar-refractivity contribution in [3.05, 3.63) is 100 Å². The molecule has 0 radical (unpaired) electrons. The van der Waals surface area contributed by atoms with Gasteiger partial charge in [-0.2, -0.15) is 0 Å². The molecule has 0 saturated carbocycles. The number of carbonyl (C=O) groups excluding carboxylic acids is 1. The third-order valence-corrected chi connectivity index (χ3v) is 5.84. The first kappa shape index (κ1) is 23.5. The Morgan fingerprint density at radius 3 is 2.38 bits per heavy atom. The van der Waals surface area contributed by atoms with E-state index in [0.717, 1.165) is 36.1 Å². The van der Waals surface area contributed by atoms with Crippen molar-refractivity contribution in [2.45, 2.75) is 45.4 Å². The lowest BCUT2D eigenvalue weighted by Crippen LogP contribution is -2.07. The molecule has 1 atom stereocenters. The maximum Gasteiger partial charge on any atom is 0.309 e. The summed E-state index contributed by atoms with van der Waals surface area (Å²) < 4.78 is 24.5. The summed E-state index contributed by atoms with van der Waals surface area (Å²) >= 11 is 0. The summed E-state index contributed by atoms with van der Waals surface area (Å²) in [5.41, 5.74) is 5.74. The molecule has 4 heteroatoms. The fourth-order valence-electron chi connectivity index (χ4n) is 3.82. The number of hydrogen-bond donors (Lipinski definition) is 0. The highest BCUT2D eigenvalue weighted by atomic mass is 19.1. The molecule has 0 bridgehead atoms. The number of methoxy groups -OCH3 is 1. The van der Waals surface area contributed by atoms with Gasteiger partial charge in [0.1, 0.15) is 11.6 Å². The Bertz CT molecular complexity index is 1030. The topological polar surface area (TPSA) is 35.5 Å².